The van der Waals surface area contributed by atoms with Crippen LogP contribution in [0.15, 0.2) is 24.3 Å². The van der Waals surface area contributed by atoms with Gasteiger partial charge in [0, 0.05) is 28.2 Å². The first-order valence-corrected chi connectivity index (χ1v) is 14.9. The first-order valence-electron chi connectivity index (χ1n) is 12.9. The van der Waals surface area contributed by atoms with Gasteiger partial charge in [-0.15, -0.1) is 0 Å². The van der Waals surface area contributed by atoms with Crippen LogP contribution in [0, 0.1) is 0 Å². The van der Waals surface area contributed by atoms with E-state index in [1.807, 2.05) is 0 Å². The van der Waals surface area contributed by atoms with Gasteiger partial charge in [-0.3, -0.25) is 9.05 Å². The molecule has 4 heteroatoms. The van der Waals surface area contributed by atoms with Crippen molar-refractivity contribution in [1.29, 1.82) is 0 Å². The Morgan fingerprint density at radius 2 is 0.914 bits per heavy atom. The average molecular weight is 500 g/mol. The molecule has 0 saturated carbocycles. The van der Waals surface area contributed by atoms with Crippen LogP contribution >= 0.6 is 7.94 Å². The Balaban J connectivity index is 2.49. The van der Waals surface area contributed by atoms with E-state index >= 15 is 0 Å². The zero-order chi connectivity index (χ0) is 26.9. The van der Waals surface area contributed by atoms with Crippen molar-refractivity contribution in [3.05, 3.63) is 57.6 Å². The van der Waals surface area contributed by atoms with Gasteiger partial charge >= 0.3 is 7.94 Å². The highest BCUT2D eigenvalue weighted by molar-refractivity contribution is 7.60. The van der Waals surface area contributed by atoms with E-state index in [2.05, 4.69) is 114 Å². The molecule has 1 aliphatic heterocycles. The highest BCUT2D eigenvalue weighted by Crippen LogP contribution is 2.61. The van der Waals surface area contributed by atoms with Gasteiger partial charge in [0.25, 0.3) is 0 Å². The van der Waals surface area contributed by atoms with Crippen LogP contribution in [0.5, 0.6) is 11.5 Å². The lowest BCUT2D eigenvalue weighted by Gasteiger charge is -2.35. The minimum absolute atomic E-state index is 0.0159. The quantitative estimate of drug-likeness (QED) is 0.367. The van der Waals surface area contributed by atoms with E-state index in [-0.39, 0.29) is 27.6 Å². The first-order chi connectivity index (χ1) is 15.5. The molecule has 0 spiro atoms. The van der Waals surface area contributed by atoms with Gasteiger partial charge in [0.15, 0.2) is 11.5 Å². The average Bonchev–Trinajstić information content (AvgIpc) is 2.62. The van der Waals surface area contributed by atoms with Gasteiger partial charge in [-0.1, -0.05) is 114 Å². The van der Waals surface area contributed by atoms with Gasteiger partial charge in [0.1, 0.15) is 6.66 Å². The fourth-order valence-corrected chi connectivity index (χ4v) is 5.78. The van der Waals surface area contributed by atoms with Crippen molar-refractivity contribution in [1.82, 2.24) is 0 Å². The number of benzene rings is 2. The number of rotatable bonds is 0. The van der Waals surface area contributed by atoms with Crippen LogP contribution in [-0.2, 0) is 21.7 Å². The largest absolute Gasteiger partial charge is 0.492 e. The molecule has 0 radical (unpaired) electrons. The van der Waals surface area contributed by atoms with E-state index in [1.165, 1.54) is 11.1 Å². The monoisotopic (exact) mass is 499 g/mol. The smallest absolute Gasteiger partial charge is 0.277 e. The van der Waals surface area contributed by atoms with Crippen molar-refractivity contribution in [3.63, 3.8) is 0 Å². The van der Waals surface area contributed by atoms with Gasteiger partial charge in [-0.2, -0.15) is 4.89 Å². The van der Waals surface area contributed by atoms with E-state index in [0.717, 1.165) is 33.8 Å². The third kappa shape index (κ3) is 5.72. The summed E-state index contributed by atoms with van der Waals surface area (Å²) in [6.07, 6.45) is 0. The highest BCUT2D eigenvalue weighted by Gasteiger charge is 2.46. The topological polar surface area (TPSA) is 38.7 Å². The maximum absolute atomic E-state index is 11.6. The third-order valence-electron chi connectivity index (χ3n) is 7.04. The summed E-state index contributed by atoms with van der Waals surface area (Å²) in [4.78, 5) is 11.6. The summed E-state index contributed by atoms with van der Waals surface area (Å²) in [7, 11) is -3.20. The van der Waals surface area contributed by atoms with Crippen molar-refractivity contribution in [2.75, 3.05) is 6.66 Å². The molecule has 0 saturated heterocycles. The standard InChI is InChI=1S/C31H48O3P/c1-19-22-15-20(28(2,3)4)17-24(30(8,9)10)26(22)33-35(14,32)34-27-23(19)16-21(29(5,6)7)18-25(27)31(11,12)13/h15-19,32H,1-14H3/q+1. The lowest BCUT2D eigenvalue weighted by atomic mass is 9.74. The molecule has 3 nitrogen and oxygen atoms in total. The fraction of sp³-hybridized carbons (Fsp3) is 0.613. The Labute approximate surface area is 215 Å². The Bertz CT molecular complexity index is 1030. The summed E-state index contributed by atoms with van der Waals surface area (Å²) < 4.78 is 13.0. The number of hydrogen-bond acceptors (Lipinski definition) is 3. The summed E-state index contributed by atoms with van der Waals surface area (Å²) >= 11 is 0. The van der Waals surface area contributed by atoms with Crippen molar-refractivity contribution >= 4 is 7.94 Å². The maximum atomic E-state index is 11.6. The minimum Gasteiger partial charge on any atom is -0.277 e. The van der Waals surface area contributed by atoms with Crippen molar-refractivity contribution in [3.8, 4) is 11.5 Å². The Kier molecular flexibility index (Phi) is 6.79. The Morgan fingerprint density at radius 3 is 1.17 bits per heavy atom. The molecule has 0 aliphatic carbocycles. The maximum Gasteiger partial charge on any atom is 0.492 e. The van der Waals surface area contributed by atoms with Crippen molar-refractivity contribution in [2.24, 2.45) is 0 Å². The lowest BCUT2D eigenvalue weighted by molar-refractivity contribution is 0.337. The molecule has 0 bridgehead atoms. The summed E-state index contributed by atoms with van der Waals surface area (Å²) in [5, 5.41) is 0. The summed E-state index contributed by atoms with van der Waals surface area (Å²) in [6, 6.07) is 9.12. The molecule has 0 atom stereocenters. The molecule has 1 heterocycles. The van der Waals surface area contributed by atoms with Gasteiger partial charge in [-0.25, -0.2) is 0 Å². The Hall–Kier alpha value is -1.57. The molecular formula is C31H48O3P+. The molecular weight excluding hydrogens is 451 g/mol. The summed E-state index contributed by atoms with van der Waals surface area (Å²) in [5.74, 6) is 1.59. The van der Waals surface area contributed by atoms with Crippen LogP contribution in [-0.4, -0.2) is 11.6 Å². The van der Waals surface area contributed by atoms with Crippen molar-refractivity contribution < 1.29 is 13.9 Å². The molecule has 2 aromatic rings. The summed E-state index contributed by atoms with van der Waals surface area (Å²) in [5.41, 5.74) is 6.69. The number of hydrogen-bond donors (Lipinski definition) is 1. The lowest BCUT2D eigenvalue weighted by Crippen LogP contribution is -2.24. The van der Waals surface area contributed by atoms with Crippen molar-refractivity contribution in [2.45, 2.75) is 118 Å². The molecule has 3 rings (SSSR count). The summed E-state index contributed by atoms with van der Waals surface area (Å²) in [6.45, 7) is 30.7. The van der Waals surface area contributed by atoms with E-state index in [9.17, 15) is 4.89 Å². The predicted octanol–water partition coefficient (Wildman–Crippen LogP) is 9.18. The number of fused-ring (bicyclic) bond motifs is 2. The van der Waals surface area contributed by atoms with E-state index in [1.54, 1.807) is 6.66 Å². The molecule has 35 heavy (non-hydrogen) atoms. The zero-order valence-electron chi connectivity index (χ0n) is 24.6. The van der Waals surface area contributed by atoms with Crippen LogP contribution in [0.2, 0.25) is 0 Å². The molecule has 1 aliphatic rings. The SMILES string of the molecule is CC1c2cc(C(C)(C)C)cc(C(C)(C)C)c2O[P+](C)(O)Oc2c1cc(C(C)(C)C)cc2C(C)(C)C. The first kappa shape index (κ1) is 28.0. The van der Waals surface area contributed by atoms with Gasteiger partial charge in [0.05, 0.1) is 0 Å². The second-order valence-electron chi connectivity index (χ2n) is 14.6. The second-order valence-corrected chi connectivity index (χ2v) is 16.6. The van der Waals surface area contributed by atoms with E-state index < -0.39 is 7.94 Å². The predicted molar refractivity (Wildman–Crippen MR) is 152 cm³/mol. The molecule has 0 fully saturated rings. The normalized spacial score (nSPS) is 21.3. The molecule has 0 aromatic heterocycles. The van der Waals surface area contributed by atoms with Crippen LogP contribution in [0.1, 0.15) is 129 Å². The molecule has 0 unspecified atom stereocenters. The molecule has 194 valence electrons. The molecule has 1 N–H and O–H groups in total. The van der Waals surface area contributed by atoms with Crippen LogP contribution < -0.4 is 9.05 Å². The van der Waals surface area contributed by atoms with Crippen LogP contribution in [0.4, 0.5) is 0 Å². The van der Waals surface area contributed by atoms with Crippen LogP contribution in [0.25, 0.3) is 0 Å². The fourth-order valence-electron chi connectivity index (χ4n) is 4.65. The van der Waals surface area contributed by atoms with Gasteiger partial charge in [-0.05, 0) is 32.8 Å². The Morgan fingerprint density at radius 1 is 0.600 bits per heavy atom. The van der Waals surface area contributed by atoms with Crippen LogP contribution in [0.3, 0.4) is 0 Å². The van der Waals surface area contributed by atoms with Gasteiger partial charge in [0.2, 0.25) is 0 Å². The van der Waals surface area contributed by atoms with E-state index in [0.29, 0.717) is 0 Å². The third-order valence-corrected chi connectivity index (χ3v) is 8.08. The zero-order valence-corrected chi connectivity index (χ0v) is 25.5. The second kappa shape index (κ2) is 8.49. The van der Waals surface area contributed by atoms with Gasteiger partial charge < -0.3 is 0 Å². The van der Waals surface area contributed by atoms with E-state index in [4.69, 9.17) is 9.05 Å². The highest BCUT2D eigenvalue weighted by atomic mass is 31.2. The molecule has 0 amide bonds. The minimum atomic E-state index is -3.20. The molecule has 2 aromatic carbocycles.